The number of carbonyl (C=O) groups excluding carboxylic acids is 1. The Balaban J connectivity index is 1.22. The molecule has 7 nitrogen and oxygen atoms in total. The van der Waals surface area contributed by atoms with E-state index < -0.39 is 24.2 Å². The minimum Gasteiger partial charge on any atom is -0.449 e. The van der Waals surface area contributed by atoms with E-state index in [1.54, 1.807) is 12.1 Å². The lowest BCUT2D eigenvalue weighted by Gasteiger charge is -2.53. The fourth-order valence-corrected chi connectivity index (χ4v) is 5.31. The zero-order valence-electron chi connectivity index (χ0n) is 20.1. The third-order valence-electron chi connectivity index (χ3n) is 7.32. The highest BCUT2D eigenvalue weighted by atomic mass is 16.9. The lowest BCUT2D eigenvalue weighted by atomic mass is 9.90. The summed E-state index contributed by atoms with van der Waals surface area (Å²) in [6.45, 7) is 3.37. The Morgan fingerprint density at radius 2 is 1.44 bits per heavy atom. The fraction of sp³-hybridized carbons (Fsp3) is 0.345. The van der Waals surface area contributed by atoms with Crippen molar-refractivity contribution in [3.63, 3.8) is 0 Å². The molecule has 2 bridgehead atoms. The van der Waals surface area contributed by atoms with Crippen molar-refractivity contribution in [1.82, 2.24) is 5.32 Å². The summed E-state index contributed by atoms with van der Waals surface area (Å²) in [5.74, 6) is -1.67. The number of hydrogen-bond donors (Lipinski definition) is 2. The highest BCUT2D eigenvalue weighted by Crippen LogP contribution is 2.45. The molecule has 2 N–H and O–H groups in total. The molecule has 0 saturated carbocycles. The molecular formula is C29H29NO6. The molecule has 3 aliphatic heterocycles. The second-order valence-corrected chi connectivity index (χ2v) is 10.1. The number of carbonyl (C=O) groups is 1. The molecule has 4 aliphatic rings. The number of benzene rings is 3. The van der Waals surface area contributed by atoms with Crippen LogP contribution in [0.15, 0.2) is 78.9 Å². The molecule has 7 heteroatoms. The Bertz CT molecular complexity index is 1190. The average molecular weight is 488 g/mol. The molecule has 2 atom stereocenters. The van der Waals surface area contributed by atoms with Gasteiger partial charge < -0.3 is 29.4 Å². The summed E-state index contributed by atoms with van der Waals surface area (Å²) in [5, 5.41) is 14.1. The van der Waals surface area contributed by atoms with Gasteiger partial charge in [0.25, 0.3) is 0 Å². The third-order valence-corrected chi connectivity index (χ3v) is 7.32. The predicted molar refractivity (Wildman–Crippen MR) is 132 cm³/mol. The standard InChI is InChI=1S/C29H29NO6/c1-28-16-34-29(35-17-28,36-18-28)26(25(31)19-9-3-2-4-10-19)30-27(32)33-15-24-22-13-7-5-11-20(22)21-12-6-8-14-23(21)24/h2-14,24-26,31H,15-18H2,1H3,(H,30,32)/t25-,26-,28?,29?/m0/s1. The normalized spacial score (nSPS) is 26.1. The van der Waals surface area contributed by atoms with E-state index in [-0.39, 0.29) is 17.9 Å². The second kappa shape index (κ2) is 9.01. The number of amides is 1. The molecule has 1 amide bonds. The molecule has 1 aliphatic carbocycles. The molecule has 7 rings (SSSR count). The smallest absolute Gasteiger partial charge is 0.407 e. The Hall–Kier alpha value is -3.23. The number of fused-ring (bicyclic) bond motifs is 6. The van der Waals surface area contributed by atoms with Crippen LogP contribution < -0.4 is 5.32 Å². The maximum absolute atomic E-state index is 13.1. The van der Waals surface area contributed by atoms with Gasteiger partial charge in [-0.2, -0.15) is 0 Å². The van der Waals surface area contributed by atoms with Gasteiger partial charge in [0, 0.05) is 11.3 Å². The Morgan fingerprint density at radius 1 is 0.917 bits per heavy atom. The SMILES string of the molecule is CC12COC([C@@H](NC(=O)OCC3c4ccccc4-c4ccccc43)[C@@H](O)c3ccccc3)(OC1)OC2. The topological polar surface area (TPSA) is 86.3 Å². The van der Waals surface area contributed by atoms with E-state index in [1.165, 1.54) is 0 Å². The van der Waals surface area contributed by atoms with E-state index in [1.807, 2.05) is 49.4 Å². The van der Waals surface area contributed by atoms with E-state index in [0.717, 1.165) is 22.3 Å². The zero-order valence-corrected chi connectivity index (χ0v) is 20.1. The van der Waals surface area contributed by atoms with Crippen LogP contribution in [0.5, 0.6) is 0 Å². The largest absolute Gasteiger partial charge is 0.449 e. The molecule has 3 saturated heterocycles. The van der Waals surface area contributed by atoms with Crippen LogP contribution in [0.2, 0.25) is 0 Å². The molecule has 3 aromatic carbocycles. The van der Waals surface area contributed by atoms with Gasteiger partial charge in [0.2, 0.25) is 0 Å². The van der Waals surface area contributed by atoms with E-state index in [0.29, 0.717) is 25.4 Å². The maximum atomic E-state index is 13.1. The number of nitrogens with one attached hydrogen (secondary N) is 1. The van der Waals surface area contributed by atoms with E-state index in [9.17, 15) is 9.90 Å². The van der Waals surface area contributed by atoms with Gasteiger partial charge in [0.05, 0.1) is 19.8 Å². The summed E-state index contributed by atoms with van der Waals surface area (Å²) in [7, 11) is 0. The second-order valence-electron chi connectivity index (χ2n) is 10.1. The number of rotatable bonds is 6. The first-order chi connectivity index (χ1) is 17.5. The van der Waals surface area contributed by atoms with Gasteiger partial charge in [-0.1, -0.05) is 85.8 Å². The summed E-state index contributed by atoms with van der Waals surface area (Å²) in [6.07, 6.45) is -1.82. The summed E-state index contributed by atoms with van der Waals surface area (Å²) in [4.78, 5) is 13.1. The third kappa shape index (κ3) is 3.98. The quantitative estimate of drug-likeness (QED) is 0.537. The van der Waals surface area contributed by atoms with Crippen LogP contribution in [0.3, 0.4) is 0 Å². The van der Waals surface area contributed by atoms with Crippen molar-refractivity contribution < 1.29 is 28.8 Å². The molecule has 3 heterocycles. The van der Waals surface area contributed by atoms with Crippen LogP contribution in [0, 0.1) is 5.41 Å². The van der Waals surface area contributed by atoms with Gasteiger partial charge in [0.1, 0.15) is 18.8 Å². The number of aliphatic hydroxyl groups is 1. The van der Waals surface area contributed by atoms with Crippen molar-refractivity contribution in [2.75, 3.05) is 26.4 Å². The molecule has 0 spiro atoms. The van der Waals surface area contributed by atoms with E-state index >= 15 is 0 Å². The van der Waals surface area contributed by atoms with Crippen LogP contribution in [-0.4, -0.2) is 49.6 Å². The number of aliphatic hydroxyl groups excluding tert-OH is 1. The summed E-state index contributed by atoms with van der Waals surface area (Å²) in [5.41, 5.74) is 4.90. The van der Waals surface area contributed by atoms with Gasteiger partial charge in [-0.3, -0.25) is 0 Å². The van der Waals surface area contributed by atoms with E-state index in [2.05, 4.69) is 29.6 Å². The first-order valence-electron chi connectivity index (χ1n) is 12.2. The van der Waals surface area contributed by atoms with Gasteiger partial charge in [-0.05, 0) is 27.8 Å². The maximum Gasteiger partial charge on any atom is 0.407 e. The Labute approximate surface area is 210 Å². The van der Waals surface area contributed by atoms with Crippen LogP contribution in [0.25, 0.3) is 11.1 Å². The summed E-state index contributed by atoms with van der Waals surface area (Å²) in [6, 6.07) is 24.4. The number of alkyl carbamates (subject to hydrolysis) is 1. The van der Waals surface area contributed by atoms with Crippen molar-refractivity contribution in [2.45, 2.75) is 31.0 Å². The monoisotopic (exact) mass is 487 g/mol. The number of ether oxygens (including phenoxy) is 4. The van der Waals surface area contributed by atoms with Gasteiger partial charge in [-0.15, -0.1) is 0 Å². The van der Waals surface area contributed by atoms with E-state index in [4.69, 9.17) is 18.9 Å². The fourth-order valence-electron chi connectivity index (χ4n) is 5.31. The molecule has 3 fully saturated rings. The minimum atomic E-state index is -1.60. The molecule has 0 aromatic heterocycles. The van der Waals surface area contributed by atoms with Gasteiger partial charge in [0.15, 0.2) is 0 Å². The summed E-state index contributed by atoms with van der Waals surface area (Å²) >= 11 is 0. The highest BCUT2D eigenvalue weighted by Gasteiger charge is 2.57. The van der Waals surface area contributed by atoms with Gasteiger partial charge in [-0.25, -0.2) is 4.79 Å². The number of hydrogen-bond acceptors (Lipinski definition) is 6. The van der Waals surface area contributed by atoms with Crippen molar-refractivity contribution in [2.24, 2.45) is 5.41 Å². The van der Waals surface area contributed by atoms with Crippen molar-refractivity contribution in [3.8, 4) is 11.1 Å². The van der Waals surface area contributed by atoms with Crippen molar-refractivity contribution in [3.05, 3.63) is 95.6 Å². The summed E-state index contributed by atoms with van der Waals surface area (Å²) < 4.78 is 23.6. The van der Waals surface area contributed by atoms with Crippen LogP contribution >= 0.6 is 0 Å². The predicted octanol–water partition coefficient (Wildman–Crippen LogP) is 4.36. The highest BCUT2D eigenvalue weighted by molar-refractivity contribution is 5.79. The van der Waals surface area contributed by atoms with Gasteiger partial charge >= 0.3 is 12.1 Å². The molecule has 186 valence electrons. The molecular weight excluding hydrogens is 458 g/mol. The first kappa shape index (κ1) is 23.2. The lowest BCUT2D eigenvalue weighted by molar-refractivity contribution is -0.478. The van der Waals surface area contributed by atoms with Crippen LogP contribution in [-0.2, 0) is 18.9 Å². The average Bonchev–Trinajstić information content (AvgIpc) is 3.25. The minimum absolute atomic E-state index is 0.0763. The van der Waals surface area contributed by atoms with Crippen LogP contribution in [0.1, 0.15) is 35.6 Å². The Morgan fingerprint density at radius 3 is 2.03 bits per heavy atom. The molecule has 0 radical (unpaired) electrons. The van der Waals surface area contributed by atoms with Crippen molar-refractivity contribution >= 4 is 6.09 Å². The van der Waals surface area contributed by atoms with Crippen molar-refractivity contribution in [1.29, 1.82) is 0 Å². The zero-order chi connectivity index (χ0) is 24.8. The van der Waals surface area contributed by atoms with Crippen LogP contribution in [0.4, 0.5) is 4.79 Å². The first-order valence-corrected chi connectivity index (χ1v) is 12.2. The molecule has 3 aromatic rings. The molecule has 36 heavy (non-hydrogen) atoms. The Kier molecular flexibility index (Phi) is 5.80. The molecule has 0 unspecified atom stereocenters. The lowest BCUT2D eigenvalue weighted by Crippen LogP contribution is -2.68.